The van der Waals surface area contributed by atoms with Crippen LogP contribution in [0.5, 0.6) is 0 Å². The van der Waals surface area contributed by atoms with Gasteiger partial charge in [-0.05, 0) is 74.9 Å². The van der Waals surface area contributed by atoms with Crippen LogP contribution in [0.2, 0.25) is 0 Å². The van der Waals surface area contributed by atoms with Crippen molar-refractivity contribution in [3.63, 3.8) is 0 Å². The summed E-state index contributed by atoms with van der Waals surface area (Å²) in [5.41, 5.74) is -4.48. The zero-order valence-corrected chi connectivity index (χ0v) is 38.2. The van der Waals surface area contributed by atoms with Crippen molar-refractivity contribution in [2.24, 2.45) is 23.7 Å². The molecule has 3 rings (SSSR count). The first-order valence-electron chi connectivity index (χ1n) is 21.0. The van der Waals surface area contributed by atoms with E-state index in [0.29, 0.717) is 6.42 Å². The number of aliphatic hydroxyl groups is 3. The molecule has 60 heavy (non-hydrogen) atoms. The van der Waals surface area contributed by atoms with E-state index in [1.54, 1.807) is 48.5 Å². The minimum atomic E-state index is -2.02. The Balaban J connectivity index is 2.28. The van der Waals surface area contributed by atoms with E-state index in [2.05, 4.69) is 4.74 Å². The van der Waals surface area contributed by atoms with E-state index < -0.39 is 126 Å². The van der Waals surface area contributed by atoms with Crippen LogP contribution in [0.25, 0.3) is 0 Å². The Hall–Kier alpha value is -2.58. The average molecular weight is 860 g/mol. The second-order valence-electron chi connectivity index (χ2n) is 17.9. The Kier molecular flexibility index (Phi) is 18.3. The van der Waals surface area contributed by atoms with Gasteiger partial charge in [-0.3, -0.25) is 9.59 Å². The van der Waals surface area contributed by atoms with Crippen LogP contribution in [-0.2, 0) is 61.8 Å². The van der Waals surface area contributed by atoms with Gasteiger partial charge in [0, 0.05) is 50.5 Å². The number of ether oxygens (including phenoxy) is 9. The highest BCUT2D eigenvalue weighted by atomic mass is 16.7. The van der Waals surface area contributed by atoms with Gasteiger partial charge < -0.3 is 62.9 Å². The van der Waals surface area contributed by atoms with Crippen LogP contribution >= 0.6 is 0 Å². The normalized spacial score (nSPS) is 44.0. The molecule has 0 aromatic rings. The van der Waals surface area contributed by atoms with Gasteiger partial charge in [0.25, 0.3) is 0 Å². The van der Waals surface area contributed by atoms with Gasteiger partial charge in [-0.25, -0.2) is 9.59 Å². The van der Waals surface area contributed by atoms with Crippen molar-refractivity contribution < 1.29 is 77.1 Å². The van der Waals surface area contributed by atoms with Gasteiger partial charge in [-0.2, -0.15) is 0 Å². The summed E-state index contributed by atoms with van der Waals surface area (Å²) in [6, 6.07) is -0.435. The third kappa shape index (κ3) is 11.7. The second kappa shape index (κ2) is 21.2. The van der Waals surface area contributed by atoms with Gasteiger partial charge in [0.2, 0.25) is 0 Å². The molecular weight excluding hydrogens is 786 g/mol. The van der Waals surface area contributed by atoms with Gasteiger partial charge >= 0.3 is 17.9 Å². The molecule has 0 aromatic carbocycles. The second-order valence-corrected chi connectivity index (χ2v) is 17.9. The number of nitrogens with zero attached hydrogens (tertiary/aromatic N) is 1. The van der Waals surface area contributed by atoms with Crippen LogP contribution in [0.15, 0.2) is 12.2 Å². The van der Waals surface area contributed by atoms with E-state index in [-0.39, 0.29) is 25.0 Å². The molecule has 3 N–H and O–H groups in total. The highest BCUT2D eigenvalue weighted by molar-refractivity contribution is 5.91. The summed E-state index contributed by atoms with van der Waals surface area (Å²) < 4.78 is 55.1. The molecule has 3 heterocycles. The van der Waals surface area contributed by atoms with Crippen molar-refractivity contribution in [3.8, 4) is 0 Å². The van der Waals surface area contributed by atoms with Crippen molar-refractivity contribution in [2.75, 3.05) is 35.4 Å². The summed E-state index contributed by atoms with van der Waals surface area (Å²) in [5.74, 6) is -6.54. The van der Waals surface area contributed by atoms with Gasteiger partial charge in [-0.1, -0.05) is 27.7 Å². The molecule has 0 amide bonds. The van der Waals surface area contributed by atoms with Crippen LogP contribution < -0.4 is 0 Å². The molecule has 3 aliphatic rings. The van der Waals surface area contributed by atoms with Gasteiger partial charge in [0.05, 0.1) is 60.8 Å². The Morgan fingerprint density at radius 3 is 1.98 bits per heavy atom. The first-order valence-corrected chi connectivity index (χ1v) is 21.0. The fraction of sp³-hybridized carbons (Fsp3) is 0.860. The van der Waals surface area contributed by atoms with E-state index in [0.717, 1.165) is 12.2 Å². The highest BCUT2D eigenvalue weighted by Crippen LogP contribution is 2.42. The molecule has 3 saturated heterocycles. The van der Waals surface area contributed by atoms with Crippen LogP contribution in [0.3, 0.4) is 0 Å². The third-order valence-corrected chi connectivity index (χ3v) is 13.1. The summed E-state index contributed by atoms with van der Waals surface area (Å²) in [4.78, 5) is 55.5. The van der Waals surface area contributed by atoms with Crippen molar-refractivity contribution >= 4 is 23.7 Å². The standard InChI is InChI=1S/C43H73NO16/c1-16-29-43(10,51)36(48)24(4)33(47)22(2)20-42(9,54-15)38(60-40-35(28(44(11)12)19-23(3)55-40)58-31(46)18-17-30(45)52-13)25(5)34(26(6)39(50)57-29)59-32-21-41(8,53-14)37(49)27(7)56-32/h17-18,22-29,32,34-38,40,48-49,51H,16,19-21H2,1-15H3/b18-17+/t22-,23+,24+,25-,26+,27+,28-,29-,32+,34+,35+,36+,37+,38-,40-,41-,42-,43-/m1/s1. The van der Waals surface area contributed by atoms with Crippen LogP contribution in [-0.4, -0.2) is 164 Å². The maximum absolute atomic E-state index is 14.4. The number of carbonyl (C=O) groups excluding carboxylic acids is 4. The molecular formula is C43H73NO16. The fourth-order valence-electron chi connectivity index (χ4n) is 9.07. The molecule has 0 bridgehead atoms. The Morgan fingerprint density at radius 1 is 0.833 bits per heavy atom. The van der Waals surface area contributed by atoms with Gasteiger partial charge in [0.1, 0.15) is 23.6 Å². The fourth-order valence-corrected chi connectivity index (χ4v) is 9.07. The molecule has 0 saturated carbocycles. The number of methoxy groups -OCH3 is 3. The number of Topliss-reactive ketones (excluding diaryl/α,β-unsaturated/α-hetero) is 1. The monoisotopic (exact) mass is 859 g/mol. The Labute approximate surface area is 355 Å². The zero-order chi connectivity index (χ0) is 45.7. The smallest absolute Gasteiger partial charge is 0.331 e. The maximum Gasteiger partial charge on any atom is 0.331 e. The number of cyclic esters (lactones) is 1. The molecule has 17 heteroatoms. The Morgan fingerprint density at radius 2 is 1.43 bits per heavy atom. The van der Waals surface area contributed by atoms with Gasteiger partial charge in [0.15, 0.2) is 18.7 Å². The van der Waals surface area contributed by atoms with Crippen LogP contribution in [0.1, 0.15) is 94.9 Å². The number of carbonyl (C=O) groups is 4. The van der Waals surface area contributed by atoms with E-state index in [4.69, 9.17) is 37.9 Å². The molecule has 18 atom stereocenters. The molecule has 0 radical (unpaired) electrons. The molecule has 346 valence electrons. The number of esters is 3. The molecule has 3 aliphatic heterocycles. The zero-order valence-electron chi connectivity index (χ0n) is 38.2. The molecule has 0 aliphatic carbocycles. The van der Waals surface area contributed by atoms with Crippen LogP contribution in [0.4, 0.5) is 0 Å². The van der Waals surface area contributed by atoms with Crippen molar-refractivity contribution in [1.82, 2.24) is 4.90 Å². The molecule has 0 aromatic heterocycles. The SMILES string of the molecule is CC[C@H]1OC(=O)[C@@H](C)[C@@H](O[C@H]2C[C@@](C)(OC)[C@@H](O)[C@H](C)O2)[C@@H](C)[C@@H](O[C@H]2O[C@@H](C)C[C@@H](N(C)C)[C@@H]2OC(=O)/C=C/C(=O)OC)[C@](C)(OC)C[C@@H](C)C(=O)[C@H](C)[C@H](O)[C@]1(C)O. The predicted molar refractivity (Wildman–Crippen MR) is 216 cm³/mol. The van der Waals surface area contributed by atoms with Gasteiger partial charge in [-0.15, -0.1) is 0 Å². The Bertz CT molecular complexity index is 1490. The summed E-state index contributed by atoms with van der Waals surface area (Å²) in [5, 5.41) is 34.3. The predicted octanol–water partition coefficient (Wildman–Crippen LogP) is 2.72. The maximum atomic E-state index is 14.4. The summed E-state index contributed by atoms with van der Waals surface area (Å²) in [6.45, 7) is 16.7. The van der Waals surface area contributed by atoms with Crippen molar-refractivity contribution in [2.45, 2.75) is 179 Å². The summed E-state index contributed by atoms with van der Waals surface area (Å²) in [7, 11) is 7.77. The lowest BCUT2D eigenvalue weighted by molar-refractivity contribution is -0.320. The summed E-state index contributed by atoms with van der Waals surface area (Å²) in [6.07, 6.45) is -7.99. The molecule has 0 spiro atoms. The minimum Gasteiger partial charge on any atom is -0.466 e. The first kappa shape index (κ1) is 51.8. The van der Waals surface area contributed by atoms with Crippen LogP contribution in [0, 0.1) is 23.7 Å². The molecule has 3 fully saturated rings. The number of likely N-dealkylation sites (N-methyl/N-ethyl adjacent to an activating group) is 1. The van der Waals surface area contributed by atoms with E-state index in [1.165, 1.54) is 35.2 Å². The minimum absolute atomic E-state index is 0.0237. The average Bonchev–Trinajstić information content (AvgIpc) is 3.20. The topological polar surface area (TPSA) is 215 Å². The third-order valence-electron chi connectivity index (χ3n) is 13.1. The number of rotatable bonds is 11. The number of aliphatic hydroxyl groups excluding tert-OH is 2. The number of ketones is 1. The first-order chi connectivity index (χ1) is 27.8. The molecule has 17 nitrogen and oxygen atoms in total. The highest BCUT2D eigenvalue weighted by Gasteiger charge is 2.54. The van der Waals surface area contributed by atoms with E-state index in [9.17, 15) is 34.5 Å². The molecule has 0 unspecified atom stereocenters. The van der Waals surface area contributed by atoms with E-state index in [1.807, 2.05) is 25.9 Å². The quantitative estimate of drug-likeness (QED) is 0.155. The van der Waals surface area contributed by atoms with Crippen molar-refractivity contribution in [3.05, 3.63) is 12.2 Å². The number of hydrogen-bond donors (Lipinski definition) is 3. The lowest BCUT2D eigenvalue weighted by atomic mass is 9.74. The lowest BCUT2D eigenvalue weighted by Gasteiger charge is -2.50. The summed E-state index contributed by atoms with van der Waals surface area (Å²) >= 11 is 0. The number of hydrogen-bond acceptors (Lipinski definition) is 17. The van der Waals surface area contributed by atoms with E-state index >= 15 is 0 Å². The largest absolute Gasteiger partial charge is 0.466 e. The van der Waals surface area contributed by atoms with Crippen molar-refractivity contribution in [1.29, 1.82) is 0 Å². The lowest BCUT2D eigenvalue weighted by Crippen LogP contribution is -2.62.